The van der Waals surface area contributed by atoms with Crippen molar-refractivity contribution in [3.8, 4) is 5.75 Å². The maximum Gasteiger partial charge on any atom is 0.217 e. The second-order valence-electron chi connectivity index (χ2n) is 4.90. The highest BCUT2D eigenvalue weighted by Crippen LogP contribution is 2.08. The van der Waals surface area contributed by atoms with Crippen LogP contribution in [0.1, 0.15) is 38.5 Å². The molecule has 0 atom stereocenters. The lowest BCUT2D eigenvalue weighted by atomic mass is 10.2. The van der Waals surface area contributed by atoms with Crippen LogP contribution in [0.5, 0.6) is 5.75 Å². The van der Waals surface area contributed by atoms with E-state index in [1.807, 2.05) is 30.3 Å². The molecule has 1 aromatic rings. The van der Waals surface area contributed by atoms with Crippen molar-refractivity contribution in [3.05, 3.63) is 30.3 Å². The highest BCUT2D eigenvalue weighted by Gasteiger charge is 1.95. The quantitative estimate of drug-likeness (QED) is 0.577. The largest absolute Gasteiger partial charge is 0.494 e. The number of ether oxygens (including phenoxy) is 1. The van der Waals surface area contributed by atoms with Crippen LogP contribution in [0.3, 0.4) is 0 Å². The lowest BCUT2D eigenvalue weighted by Crippen LogP contribution is -2.17. The van der Waals surface area contributed by atoms with Crippen molar-refractivity contribution in [2.45, 2.75) is 38.5 Å². The Balaban J connectivity index is 1.80. The van der Waals surface area contributed by atoms with Gasteiger partial charge in [0.1, 0.15) is 5.75 Å². The Kier molecular flexibility index (Phi) is 9.32. The molecule has 4 heteroatoms. The van der Waals surface area contributed by atoms with E-state index >= 15 is 0 Å². The van der Waals surface area contributed by atoms with Gasteiger partial charge in [0.2, 0.25) is 5.91 Å². The van der Waals surface area contributed by atoms with Gasteiger partial charge in [-0.05, 0) is 50.9 Å². The Morgan fingerprint density at radius 2 is 1.70 bits per heavy atom. The molecule has 1 rings (SSSR count). The van der Waals surface area contributed by atoms with Crippen molar-refractivity contribution < 1.29 is 9.53 Å². The highest BCUT2D eigenvalue weighted by molar-refractivity contribution is 5.73. The maximum absolute atomic E-state index is 10.5. The van der Waals surface area contributed by atoms with Gasteiger partial charge in [0.05, 0.1) is 6.61 Å². The molecule has 20 heavy (non-hydrogen) atoms. The van der Waals surface area contributed by atoms with Gasteiger partial charge in [0, 0.05) is 6.42 Å². The SMILES string of the molecule is NC(=O)CCCCCNCCCCOc1ccccc1. The van der Waals surface area contributed by atoms with Crippen LogP contribution in [0.4, 0.5) is 0 Å². The number of para-hydroxylation sites is 1. The van der Waals surface area contributed by atoms with Crippen LogP contribution in [0, 0.1) is 0 Å². The van der Waals surface area contributed by atoms with Crippen molar-refractivity contribution in [2.75, 3.05) is 19.7 Å². The summed E-state index contributed by atoms with van der Waals surface area (Å²) in [5.41, 5.74) is 5.08. The molecule has 1 aromatic carbocycles. The summed E-state index contributed by atoms with van der Waals surface area (Å²) in [4.78, 5) is 10.5. The minimum absolute atomic E-state index is 0.198. The summed E-state index contributed by atoms with van der Waals surface area (Å²) >= 11 is 0. The van der Waals surface area contributed by atoms with Crippen LogP contribution in [-0.2, 0) is 4.79 Å². The molecule has 0 bridgehead atoms. The number of carbonyl (C=O) groups excluding carboxylic acids is 1. The first-order chi connectivity index (χ1) is 9.79. The summed E-state index contributed by atoms with van der Waals surface area (Å²) in [6, 6.07) is 9.90. The lowest BCUT2D eigenvalue weighted by Gasteiger charge is -2.06. The Morgan fingerprint density at radius 1 is 1.00 bits per heavy atom. The zero-order valence-corrected chi connectivity index (χ0v) is 12.1. The fourth-order valence-electron chi connectivity index (χ4n) is 1.91. The van der Waals surface area contributed by atoms with Gasteiger partial charge in [-0.25, -0.2) is 0 Å². The number of rotatable bonds is 12. The van der Waals surface area contributed by atoms with Crippen LogP contribution in [0.2, 0.25) is 0 Å². The summed E-state index contributed by atoms with van der Waals surface area (Å²) in [5, 5.41) is 3.40. The van der Waals surface area contributed by atoms with E-state index in [-0.39, 0.29) is 5.91 Å². The van der Waals surface area contributed by atoms with Gasteiger partial charge in [-0.2, -0.15) is 0 Å². The first-order valence-electron chi connectivity index (χ1n) is 7.46. The second kappa shape index (κ2) is 11.3. The monoisotopic (exact) mass is 278 g/mol. The Labute approximate surface area is 121 Å². The molecule has 0 aliphatic carbocycles. The minimum atomic E-state index is -0.198. The molecule has 0 saturated carbocycles. The molecule has 3 N–H and O–H groups in total. The predicted molar refractivity (Wildman–Crippen MR) is 81.7 cm³/mol. The Bertz CT molecular complexity index is 355. The van der Waals surface area contributed by atoms with E-state index in [2.05, 4.69) is 5.32 Å². The summed E-state index contributed by atoms with van der Waals surface area (Å²) < 4.78 is 5.62. The molecule has 0 spiro atoms. The van der Waals surface area contributed by atoms with Gasteiger partial charge >= 0.3 is 0 Å². The van der Waals surface area contributed by atoms with E-state index in [0.29, 0.717) is 6.42 Å². The molecule has 0 radical (unpaired) electrons. The first-order valence-corrected chi connectivity index (χ1v) is 7.46. The van der Waals surface area contributed by atoms with Crippen LogP contribution >= 0.6 is 0 Å². The highest BCUT2D eigenvalue weighted by atomic mass is 16.5. The topological polar surface area (TPSA) is 64.4 Å². The predicted octanol–water partition coefficient (Wildman–Crippen LogP) is 2.48. The number of primary amides is 1. The third kappa shape index (κ3) is 9.39. The molecule has 0 fully saturated rings. The molecular formula is C16H26N2O2. The summed E-state index contributed by atoms with van der Waals surface area (Å²) in [6.07, 6.45) is 5.76. The number of amides is 1. The number of hydrogen-bond acceptors (Lipinski definition) is 3. The van der Waals surface area contributed by atoms with Gasteiger partial charge in [-0.1, -0.05) is 24.6 Å². The van der Waals surface area contributed by atoms with Crippen molar-refractivity contribution in [1.82, 2.24) is 5.32 Å². The average Bonchev–Trinajstić information content (AvgIpc) is 2.45. The third-order valence-electron chi connectivity index (χ3n) is 3.04. The van der Waals surface area contributed by atoms with Gasteiger partial charge in [0.25, 0.3) is 0 Å². The van der Waals surface area contributed by atoms with Gasteiger partial charge in [-0.15, -0.1) is 0 Å². The van der Waals surface area contributed by atoms with E-state index in [9.17, 15) is 4.79 Å². The van der Waals surface area contributed by atoms with Crippen molar-refractivity contribution in [1.29, 1.82) is 0 Å². The molecule has 0 unspecified atom stereocenters. The van der Waals surface area contributed by atoms with E-state index in [1.54, 1.807) is 0 Å². The number of unbranched alkanes of at least 4 members (excludes halogenated alkanes) is 3. The van der Waals surface area contributed by atoms with E-state index in [4.69, 9.17) is 10.5 Å². The second-order valence-corrected chi connectivity index (χ2v) is 4.90. The van der Waals surface area contributed by atoms with E-state index < -0.39 is 0 Å². The zero-order valence-electron chi connectivity index (χ0n) is 12.1. The number of benzene rings is 1. The third-order valence-corrected chi connectivity index (χ3v) is 3.04. The van der Waals surface area contributed by atoms with Crippen molar-refractivity contribution in [3.63, 3.8) is 0 Å². The van der Waals surface area contributed by atoms with Crippen LogP contribution in [-0.4, -0.2) is 25.6 Å². The lowest BCUT2D eigenvalue weighted by molar-refractivity contribution is -0.118. The molecule has 1 amide bonds. The van der Waals surface area contributed by atoms with Gasteiger partial charge < -0.3 is 15.8 Å². The van der Waals surface area contributed by atoms with Crippen LogP contribution in [0.15, 0.2) is 30.3 Å². The number of carbonyl (C=O) groups is 1. The molecule has 112 valence electrons. The van der Waals surface area contributed by atoms with Crippen LogP contribution < -0.4 is 15.8 Å². The molecular weight excluding hydrogens is 252 g/mol. The molecule has 0 saturated heterocycles. The Hall–Kier alpha value is -1.55. The van der Waals surface area contributed by atoms with Crippen molar-refractivity contribution >= 4 is 5.91 Å². The standard InChI is InChI=1S/C16H26N2O2/c17-16(19)11-5-2-6-12-18-13-7-8-14-20-15-9-3-1-4-10-15/h1,3-4,9-10,18H,2,5-8,11-14H2,(H2,17,19). The van der Waals surface area contributed by atoms with Crippen molar-refractivity contribution in [2.24, 2.45) is 5.73 Å². The fourth-order valence-corrected chi connectivity index (χ4v) is 1.91. The van der Waals surface area contributed by atoms with Gasteiger partial charge in [0.15, 0.2) is 0 Å². The smallest absolute Gasteiger partial charge is 0.217 e. The summed E-state index contributed by atoms with van der Waals surface area (Å²) in [6.45, 7) is 2.80. The molecule has 0 aromatic heterocycles. The van der Waals surface area contributed by atoms with Gasteiger partial charge in [-0.3, -0.25) is 4.79 Å². The van der Waals surface area contributed by atoms with E-state index in [0.717, 1.165) is 57.6 Å². The van der Waals surface area contributed by atoms with Crippen LogP contribution in [0.25, 0.3) is 0 Å². The molecule has 0 aliphatic rings. The molecule has 0 heterocycles. The zero-order chi connectivity index (χ0) is 14.5. The first kappa shape index (κ1) is 16.5. The summed E-state index contributed by atoms with van der Waals surface area (Å²) in [7, 11) is 0. The summed E-state index contributed by atoms with van der Waals surface area (Å²) in [5.74, 6) is 0.742. The normalized spacial score (nSPS) is 10.4. The fraction of sp³-hybridized carbons (Fsp3) is 0.562. The molecule has 0 aliphatic heterocycles. The number of nitrogens with one attached hydrogen (secondary N) is 1. The average molecular weight is 278 g/mol. The Morgan fingerprint density at radius 3 is 2.40 bits per heavy atom. The maximum atomic E-state index is 10.5. The number of nitrogens with two attached hydrogens (primary N) is 1. The molecule has 4 nitrogen and oxygen atoms in total. The minimum Gasteiger partial charge on any atom is -0.494 e. The van der Waals surface area contributed by atoms with E-state index in [1.165, 1.54) is 0 Å². The number of hydrogen-bond donors (Lipinski definition) is 2.